The number of aliphatic hydroxyl groups excluding tert-OH is 5. The van der Waals surface area contributed by atoms with Crippen LogP contribution in [-0.4, -0.2) is 85.9 Å². The van der Waals surface area contributed by atoms with Gasteiger partial charge in [0.2, 0.25) is 0 Å². The van der Waals surface area contributed by atoms with Crippen molar-refractivity contribution in [1.29, 1.82) is 0 Å². The molecule has 0 amide bonds. The lowest BCUT2D eigenvalue weighted by Crippen LogP contribution is -2.67. The van der Waals surface area contributed by atoms with Crippen molar-refractivity contribution in [2.75, 3.05) is 13.2 Å². The molecule has 0 radical (unpaired) electrons. The van der Waals surface area contributed by atoms with Crippen molar-refractivity contribution in [1.82, 2.24) is 0 Å². The molecule has 9 heteroatoms. The second kappa shape index (κ2) is 20.5. The van der Waals surface area contributed by atoms with E-state index in [2.05, 4.69) is 6.92 Å². The van der Waals surface area contributed by atoms with Gasteiger partial charge in [-0.15, -0.1) is 0 Å². The Kier molecular flexibility index (Phi) is 17.9. The van der Waals surface area contributed by atoms with Crippen molar-refractivity contribution < 1.29 is 44.9 Å². The zero-order valence-corrected chi connectivity index (χ0v) is 25.7. The summed E-state index contributed by atoms with van der Waals surface area (Å²) < 4.78 is 10.9. The van der Waals surface area contributed by atoms with E-state index in [0.717, 1.165) is 37.5 Å². The smallest absolute Gasteiger partial charge is 0.316 e. The van der Waals surface area contributed by atoms with Crippen molar-refractivity contribution in [3.05, 3.63) is 24.0 Å². The molecular formula is C33H58O9. The zero-order chi connectivity index (χ0) is 30.8. The van der Waals surface area contributed by atoms with E-state index in [1.54, 1.807) is 0 Å². The van der Waals surface area contributed by atoms with Crippen molar-refractivity contribution in [3.63, 3.8) is 0 Å². The maximum Gasteiger partial charge on any atom is 0.316 e. The maximum atomic E-state index is 12.9. The first kappa shape index (κ1) is 36.7. The number of esters is 1. The molecule has 0 bridgehead atoms. The van der Waals surface area contributed by atoms with Crippen LogP contribution in [0, 0.1) is 5.92 Å². The van der Waals surface area contributed by atoms with Crippen LogP contribution >= 0.6 is 0 Å². The van der Waals surface area contributed by atoms with Crippen LogP contribution in [0.2, 0.25) is 0 Å². The number of hydrogen-bond donors (Lipinski definition) is 6. The van der Waals surface area contributed by atoms with Crippen molar-refractivity contribution in [2.24, 2.45) is 5.92 Å². The highest BCUT2D eigenvalue weighted by atomic mass is 16.6. The van der Waals surface area contributed by atoms with Gasteiger partial charge in [-0.2, -0.15) is 0 Å². The Labute approximate surface area is 252 Å². The second-order valence-corrected chi connectivity index (χ2v) is 12.2. The Morgan fingerprint density at radius 3 is 1.74 bits per heavy atom. The summed E-state index contributed by atoms with van der Waals surface area (Å²) in [5.74, 6) is -2.49. The van der Waals surface area contributed by atoms with Gasteiger partial charge in [0, 0.05) is 0 Å². The SMILES string of the molecule is CCCCCCCCCCCCCCCCCCCCOC(=O)C1C=C(O)C=CC1(O)[C@@H]1O[C@H](CO)[C@@H](O)[C@H](O)[C@H]1O. The number of carbonyl (C=O) groups excluding carboxylic acids is 1. The van der Waals surface area contributed by atoms with Crippen LogP contribution < -0.4 is 0 Å². The first-order chi connectivity index (χ1) is 20.3. The molecule has 0 aromatic heterocycles. The van der Waals surface area contributed by atoms with Gasteiger partial charge in [-0.3, -0.25) is 4.79 Å². The van der Waals surface area contributed by atoms with E-state index in [9.17, 15) is 35.4 Å². The summed E-state index contributed by atoms with van der Waals surface area (Å²) in [6.07, 6.45) is 18.1. The Bertz CT molecular complexity index is 798. The molecule has 1 saturated heterocycles. The minimum Gasteiger partial charge on any atom is -0.508 e. The Balaban J connectivity index is 1.57. The lowest BCUT2D eigenvalue weighted by Gasteiger charge is -2.47. The summed E-state index contributed by atoms with van der Waals surface area (Å²) in [6.45, 7) is 1.74. The van der Waals surface area contributed by atoms with Crippen molar-refractivity contribution in [3.8, 4) is 0 Å². The summed E-state index contributed by atoms with van der Waals surface area (Å²) in [5.41, 5.74) is -2.18. The van der Waals surface area contributed by atoms with Gasteiger partial charge in [0.15, 0.2) is 0 Å². The third-order valence-electron chi connectivity index (χ3n) is 8.70. The number of aliphatic hydroxyl groups is 6. The molecule has 0 aromatic carbocycles. The zero-order valence-electron chi connectivity index (χ0n) is 25.7. The molecule has 2 unspecified atom stereocenters. The van der Waals surface area contributed by atoms with E-state index in [1.165, 1.54) is 89.9 Å². The molecular weight excluding hydrogens is 540 g/mol. The summed E-state index contributed by atoms with van der Waals surface area (Å²) in [7, 11) is 0. The minimum atomic E-state index is -2.18. The van der Waals surface area contributed by atoms with Gasteiger partial charge in [0.1, 0.15) is 47.8 Å². The quantitative estimate of drug-likeness (QED) is 0.0763. The first-order valence-corrected chi connectivity index (χ1v) is 16.6. The summed E-state index contributed by atoms with van der Waals surface area (Å²) in [6, 6.07) is 0. The highest BCUT2D eigenvalue weighted by Gasteiger charge is 2.56. The average molecular weight is 599 g/mol. The lowest BCUT2D eigenvalue weighted by atomic mass is 9.74. The summed E-state index contributed by atoms with van der Waals surface area (Å²) >= 11 is 0. The monoisotopic (exact) mass is 598 g/mol. The van der Waals surface area contributed by atoms with Gasteiger partial charge >= 0.3 is 5.97 Å². The van der Waals surface area contributed by atoms with Gasteiger partial charge < -0.3 is 40.1 Å². The predicted molar refractivity (Wildman–Crippen MR) is 162 cm³/mol. The van der Waals surface area contributed by atoms with Crippen molar-refractivity contribution in [2.45, 2.75) is 159 Å². The molecule has 2 rings (SSSR count). The van der Waals surface area contributed by atoms with E-state index < -0.39 is 54.6 Å². The molecule has 6 N–H and O–H groups in total. The largest absolute Gasteiger partial charge is 0.508 e. The topological polar surface area (TPSA) is 157 Å². The first-order valence-electron chi connectivity index (χ1n) is 16.6. The van der Waals surface area contributed by atoms with Gasteiger partial charge in [-0.1, -0.05) is 116 Å². The van der Waals surface area contributed by atoms with Gasteiger partial charge in [-0.05, 0) is 24.6 Å². The molecule has 0 spiro atoms. The fourth-order valence-corrected chi connectivity index (χ4v) is 5.96. The lowest BCUT2D eigenvalue weighted by molar-refractivity contribution is -0.267. The third-order valence-corrected chi connectivity index (χ3v) is 8.70. The highest BCUT2D eigenvalue weighted by molar-refractivity contribution is 5.77. The van der Waals surface area contributed by atoms with Crippen LogP contribution in [0.1, 0.15) is 122 Å². The Hall–Kier alpha value is -1.49. The van der Waals surface area contributed by atoms with E-state index in [4.69, 9.17) is 9.47 Å². The molecule has 1 heterocycles. The predicted octanol–water partition coefficient (Wildman–Crippen LogP) is 4.77. The van der Waals surface area contributed by atoms with Crippen LogP contribution in [0.15, 0.2) is 24.0 Å². The fraction of sp³-hybridized carbons (Fsp3) is 0.848. The molecule has 1 aliphatic heterocycles. The van der Waals surface area contributed by atoms with Gasteiger partial charge in [-0.25, -0.2) is 0 Å². The number of unbranched alkanes of at least 4 members (excludes halogenated alkanes) is 17. The Morgan fingerprint density at radius 1 is 0.786 bits per heavy atom. The molecule has 9 nitrogen and oxygen atoms in total. The minimum absolute atomic E-state index is 0.150. The van der Waals surface area contributed by atoms with Crippen LogP contribution in [0.25, 0.3) is 0 Å². The van der Waals surface area contributed by atoms with Gasteiger partial charge in [0.25, 0.3) is 0 Å². The second-order valence-electron chi connectivity index (χ2n) is 12.2. The molecule has 244 valence electrons. The standard InChI is InChI=1S/C33H58O9/c1-2-3-4-5-6-7-8-9-10-11-12-13-14-15-16-17-18-19-22-41-32(39)26-23-25(35)20-21-33(26,40)31-30(38)29(37)28(36)27(24-34)42-31/h20-21,23,26-31,34-38,40H,2-19,22,24H2,1H3/t26?,27-,28-,29+,30-,31-,33?/m1/s1. The average Bonchev–Trinajstić information content (AvgIpc) is 2.98. The van der Waals surface area contributed by atoms with E-state index in [0.29, 0.717) is 6.42 Å². The number of carbonyl (C=O) groups is 1. The van der Waals surface area contributed by atoms with Gasteiger partial charge in [0.05, 0.1) is 13.2 Å². The van der Waals surface area contributed by atoms with Crippen LogP contribution in [0.5, 0.6) is 0 Å². The molecule has 7 atom stereocenters. The van der Waals surface area contributed by atoms with E-state index in [-0.39, 0.29) is 12.4 Å². The highest BCUT2D eigenvalue weighted by Crippen LogP contribution is 2.38. The molecule has 42 heavy (non-hydrogen) atoms. The third kappa shape index (κ3) is 11.9. The van der Waals surface area contributed by atoms with Crippen LogP contribution in [-0.2, 0) is 14.3 Å². The van der Waals surface area contributed by atoms with Crippen molar-refractivity contribution >= 4 is 5.97 Å². The normalized spacial score (nSPS) is 29.4. The van der Waals surface area contributed by atoms with Crippen LogP contribution in [0.3, 0.4) is 0 Å². The molecule has 0 saturated carbocycles. The maximum absolute atomic E-state index is 12.9. The summed E-state index contributed by atoms with van der Waals surface area (Å²) in [5, 5.41) is 61.6. The number of rotatable bonds is 22. The molecule has 0 aromatic rings. The molecule has 1 aliphatic carbocycles. The van der Waals surface area contributed by atoms with Crippen LogP contribution in [0.4, 0.5) is 0 Å². The van der Waals surface area contributed by atoms with E-state index in [1.807, 2.05) is 0 Å². The summed E-state index contributed by atoms with van der Waals surface area (Å²) in [4.78, 5) is 12.9. The van der Waals surface area contributed by atoms with E-state index >= 15 is 0 Å². The molecule has 1 fully saturated rings. The molecule has 2 aliphatic rings. The number of allylic oxidation sites excluding steroid dienone is 1. The Morgan fingerprint density at radius 2 is 1.26 bits per heavy atom. The fourth-order valence-electron chi connectivity index (χ4n) is 5.96. The number of hydrogen-bond acceptors (Lipinski definition) is 9. The number of ether oxygens (including phenoxy) is 2.